The van der Waals surface area contributed by atoms with Gasteiger partial charge in [0, 0.05) is 16.5 Å². The molecule has 0 aliphatic heterocycles. The van der Waals surface area contributed by atoms with Crippen molar-refractivity contribution in [3.05, 3.63) is 59.4 Å². The van der Waals surface area contributed by atoms with Crippen molar-refractivity contribution in [1.82, 2.24) is 14.9 Å². The average Bonchev–Trinajstić information content (AvgIpc) is 3.02. The molecule has 0 radical (unpaired) electrons. The number of benzene rings is 2. The highest BCUT2D eigenvalue weighted by Crippen LogP contribution is 2.26. The van der Waals surface area contributed by atoms with Crippen LogP contribution in [0.4, 0.5) is 0 Å². The summed E-state index contributed by atoms with van der Waals surface area (Å²) in [6.07, 6.45) is 0. The topological polar surface area (TPSA) is 46.9 Å². The largest absolute Gasteiger partial charge is 0.345 e. The number of imidazole rings is 1. The number of hydrogen-bond donors (Lipinski definition) is 1. The van der Waals surface area contributed by atoms with Gasteiger partial charge in [-0.15, -0.1) is 11.8 Å². The third kappa shape index (κ3) is 4.05. The fourth-order valence-corrected chi connectivity index (χ4v) is 3.93. The maximum absolute atomic E-state index is 12.6. The second kappa shape index (κ2) is 8.14. The van der Waals surface area contributed by atoms with Crippen molar-refractivity contribution in [1.29, 1.82) is 0 Å². The Hall–Kier alpha value is -1.98. The molecule has 6 heteroatoms. The Morgan fingerprint density at radius 3 is 2.58 bits per heavy atom. The zero-order valence-electron chi connectivity index (χ0n) is 15.1. The van der Waals surface area contributed by atoms with Crippen molar-refractivity contribution in [2.45, 2.75) is 43.5 Å². The first kappa shape index (κ1) is 18.8. The number of carbonyl (C=O) groups excluding carboxylic acids is 1. The zero-order valence-corrected chi connectivity index (χ0v) is 16.6. The Balaban J connectivity index is 1.71. The van der Waals surface area contributed by atoms with Gasteiger partial charge in [0.05, 0.1) is 22.3 Å². The molecule has 0 bridgehead atoms. The molecule has 1 N–H and O–H groups in total. The van der Waals surface area contributed by atoms with Gasteiger partial charge in [-0.25, -0.2) is 4.98 Å². The number of nitrogens with one attached hydrogen (secondary N) is 1. The molecule has 2 atom stereocenters. The second-order valence-corrected chi connectivity index (χ2v) is 8.00. The molecule has 3 aromatic rings. The van der Waals surface area contributed by atoms with Gasteiger partial charge >= 0.3 is 0 Å². The summed E-state index contributed by atoms with van der Waals surface area (Å²) in [7, 11) is 0. The third-order valence-electron chi connectivity index (χ3n) is 4.24. The van der Waals surface area contributed by atoms with E-state index in [1.54, 1.807) is 0 Å². The molecular weight excluding hydrogens is 366 g/mol. The van der Waals surface area contributed by atoms with Gasteiger partial charge < -0.3 is 9.88 Å². The number of aryl methyl sites for hydroxylation is 1. The van der Waals surface area contributed by atoms with Crippen molar-refractivity contribution in [2.75, 3.05) is 0 Å². The molecule has 0 aliphatic carbocycles. The summed E-state index contributed by atoms with van der Waals surface area (Å²) in [5.41, 5.74) is 2.05. The fraction of sp³-hybridized carbons (Fsp3) is 0.300. The number of rotatable bonds is 6. The number of hydrogen-bond acceptors (Lipinski definition) is 3. The van der Waals surface area contributed by atoms with Crippen LogP contribution in [-0.2, 0) is 11.3 Å². The number of aromatic nitrogens is 2. The molecule has 2 aromatic carbocycles. The molecule has 0 saturated carbocycles. The standard InChI is InChI=1S/C20H22ClN3OS/c1-4-24-18-8-6-5-7-17(18)23-19(24)13(2)22-20(25)14(3)26-16-11-9-15(21)10-12-16/h5-14H,4H2,1-3H3,(H,22,25). The van der Waals surface area contributed by atoms with E-state index in [-0.39, 0.29) is 17.2 Å². The summed E-state index contributed by atoms with van der Waals surface area (Å²) in [6.45, 7) is 6.78. The maximum atomic E-state index is 12.6. The highest BCUT2D eigenvalue weighted by atomic mass is 35.5. The van der Waals surface area contributed by atoms with Gasteiger partial charge in [-0.3, -0.25) is 4.79 Å². The van der Waals surface area contributed by atoms with Crippen LogP contribution in [0.2, 0.25) is 5.02 Å². The lowest BCUT2D eigenvalue weighted by molar-refractivity contribution is -0.121. The smallest absolute Gasteiger partial charge is 0.233 e. The van der Waals surface area contributed by atoms with Crippen molar-refractivity contribution in [3.63, 3.8) is 0 Å². The van der Waals surface area contributed by atoms with E-state index in [1.807, 2.05) is 56.3 Å². The van der Waals surface area contributed by atoms with Gasteiger partial charge in [0.25, 0.3) is 0 Å². The lowest BCUT2D eigenvalue weighted by Crippen LogP contribution is -2.34. The van der Waals surface area contributed by atoms with Crippen molar-refractivity contribution in [3.8, 4) is 0 Å². The summed E-state index contributed by atoms with van der Waals surface area (Å²) in [4.78, 5) is 18.4. The van der Waals surface area contributed by atoms with Crippen LogP contribution in [0.3, 0.4) is 0 Å². The number of halogens is 1. The molecule has 0 aliphatic rings. The predicted octanol–water partition coefficient (Wildman–Crippen LogP) is 5.07. The number of carbonyl (C=O) groups is 1. The van der Waals surface area contributed by atoms with Crippen LogP contribution in [-0.4, -0.2) is 20.7 Å². The summed E-state index contributed by atoms with van der Waals surface area (Å²) >= 11 is 7.43. The van der Waals surface area contributed by atoms with Crippen molar-refractivity contribution >= 4 is 40.3 Å². The summed E-state index contributed by atoms with van der Waals surface area (Å²) < 4.78 is 2.15. The van der Waals surface area contributed by atoms with E-state index < -0.39 is 0 Å². The minimum Gasteiger partial charge on any atom is -0.345 e. The van der Waals surface area contributed by atoms with E-state index in [4.69, 9.17) is 16.6 Å². The molecule has 3 rings (SSSR count). The zero-order chi connectivity index (χ0) is 18.7. The second-order valence-electron chi connectivity index (χ2n) is 6.15. The number of thioether (sulfide) groups is 1. The van der Waals surface area contributed by atoms with E-state index in [0.29, 0.717) is 5.02 Å². The molecule has 0 saturated heterocycles. The lowest BCUT2D eigenvalue weighted by atomic mass is 10.3. The quantitative estimate of drug-likeness (QED) is 0.601. The first-order chi connectivity index (χ1) is 12.5. The first-order valence-corrected chi connectivity index (χ1v) is 9.93. The normalized spacial score (nSPS) is 13.5. The molecular formula is C20H22ClN3OS. The SMILES string of the molecule is CCn1c(C(C)NC(=O)C(C)Sc2ccc(Cl)cc2)nc2ccccc21. The fourth-order valence-electron chi connectivity index (χ4n) is 2.92. The Morgan fingerprint density at radius 2 is 1.88 bits per heavy atom. The van der Waals surface area contributed by atoms with Gasteiger partial charge in [-0.1, -0.05) is 23.7 Å². The summed E-state index contributed by atoms with van der Waals surface area (Å²) in [5, 5.41) is 3.58. The molecule has 0 spiro atoms. The van der Waals surface area contributed by atoms with Crippen LogP contribution in [0, 0.1) is 0 Å². The van der Waals surface area contributed by atoms with E-state index in [0.717, 1.165) is 28.3 Å². The van der Waals surface area contributed by atoms with E-state index >= 15 is 0 Å². The summed E-state index contributed by atoms with van der Waals surface area (Å²) in [5.74, 6) is 0.873. The van der Waals surface area contributed by atoms with Gasteiger partial charge in [0.1, 0.15) is 5.82 Å². The summed E-state index contributed by atoms with van der Waals surface area (Å²) in [6, 6.07) is 15.4. The van der Waals surface area contributed by atoms with Crippen LogP contribution in [0.15, 0.2) is 53.4 Å². The van der Waals surface area contributed by atoms with Gasteiger partial charge in [0.15, 0.2) is 0 Å². The molecule has 4 nitrogen and oxygen atoms in total. The lowest BCUT2D eigenvalue weighted by Gasteiger charge is -2.18. The van der Waals surface area contributed by atoms with E-state index in [9.17, 15) is 4.79 Å². The average molecular weight is 388 g/mol. The molecule has 1 heterocycles. The monoisotopic (exact) mass is 387 g/mol. The molecule has 2 unspecified atom stereocenters. The number of fused-ring (bicyclic) bond motifs is 1. The van der Waals surface area contributed by atoms with Crippen LogP contribution in [0.1, 0.15) is 32.6 Å². The Labute approximate surface area is 163 Å². The van der Waals surface area contributed by atoms with E-state index in [2.05, 4.69) is 22.9 Å². The minimum atomic E-state index is -0.210. The van der Waals surface area contributed by atoms with Gasteiger partial charge in [0.2, 0.25) is 5.91 Å². The minimum absolute atomic E-state index is 0.00726. The maximum Gasteiger partial charge on any atom is 0.233 e. The van der Waals surface area contributed by atoms with E-state index in [1.165, 1.54) is 11.8 Å². The Bertz CT molecular complexity index is 907. The molecule has 1 aromatic heterocycles. The molecule has 0 fully saturated rings. The molecule has 1 amide bonds. The Morgan fingerprint density at radius 1 is 1.19 bits per heavy atom. The van der Waals surface area contributed by atoms with Crippen LogP contribution >= 0.6 is 23.4 Å². The van der Waals surface area contributed by atoms with Crippen molar-refractivity contribution in [2.24, 2.45) is 0 Å². The number of para-hydroxylation sites is 2. The first-order valence-electron chi connectivity index (χ1n) is 8.67. The highest BCUT2D eigenvalue weighted by Gasteiger charge is 2.21. The van der Waals surface area contributed by atoms with Crippen LogP contribution < -0.4 is 5.32 Å². The highest BCUT2D eigenvalue weighted by molar-refractivity contribution is 8.00. The molecule has 136 valence electrons. The van der Waals surface area contributed by atoms with Crippen LogP contribution in [0.5, 0.6) is 0 Å². The van der Waals surface area contributed by atoms with Gasteiger partial charge in [-0.05, 0) is 57.2 Å². The third-order valence-corrected chi connectivity index (χ3v) is 5.61. The predicted molar refractivity (Wildman–Crippen MR) is 109 cm³/mol. The number of amides is 1. The van der Waals surface area contributed by atoms with Gasteiger partial charge in [-0.2, -0.15) is 0 Å². The van der Waals surface area contributed by atoms with Crippen LogP contribution in [0.25, 0.3) is 11.0 Å². The molecule has 26 heavy (non-hydrogen) atoms. The van der Waals surface area contributed by atoms with Crippen molar-refractivity contribution < 1.29 is 4.79 Å². The Kier molecular flexibility index (Phi) is 5.89. The number of nitrogens with zero attached hydrogens (tertiary/aromatic N) is 2.